The molecule has 2 aromatic rings. The molecule has 0 atom stereocenters. The minimum Gasteiger partial charge on any atom is -0.367 e. The van der Waals surface area contributed by atoms with Crippen LogP contribution in [-0.4, -0.2) is 46.8 Å². The molecule has 0 bridgehead atoms. The van der Waals surface area contributed by atoms with Crippen molar-refractivity contribution in [3.63, 3.8) is 0 Å². The van der Waals surface area contributed by atoms with E-state index in [-0.39, 0.29) is 5.91 Å². The Morgan fingerprint density at radius 1 is 1.13 bits per heavy atom. The molecule has 1 saturated heterocycles. The summed E-state index contributed by atoms with van der Waals surface area (Å²) < 4.78 is 1.53. The first-order valence-corrected chi connectivity index (χ1v) is 8.22. The highest BCUT2D eigenvalue weighted by Gasteiger charge is 2.27. The Morgan fingerprint density at radius 2 is 1.78 bits per heavy atom. The van der Waals surface area contributed by atoms with Crippen molar-refractivity contribution in [3.8, 4) is 0 Å². The van der Waals surface area contributed by atoms with Gasteiger partial charge in [0, 0.05) is 33.2 Å². The molecular weight excluding hydrogens is 335 g/mol. The zero-order valence-corrected chi connectivity index (χ0v) is 14.6. The van der Waals surface area contributed by atoms with Gasteiger partial charge in [-0.3, -0.25) is 9.48 Å². The van der Waals surface area contributed by atoms with Crippen LogP contribution in [0.15, 0.2) is 24.3 Å². The number of hydrogen-bond donors (Lipinski definition) is 0. The number of rotatable bonds is 2. The first kappa shape index (κ1) is 16.1. The third-order valence-corrected chi connectivity index (χ3v) is 4.88. The minimum absolute atomic E-state index is 0.0561. The number of benzene rings is 1. The zero-order chi connectivity index (χ0) is 16.6. The molecule has 1 amide bonds. The second kappa shape index (κ2) is 6.42. The van der Waals surface area contributed by atoms with E-state index in [1.165, 1.54) is 4.68 Å². The number of nitrogens with zero attached hydrogens (tertiary/aromatic N) is 4. The lowest BCUT2D eigenvalue weighted by Gasteiger charge is -2.36. The number of halogens is 2. The molecule has 2 heterocycles. The lowest BCUT2D eigenvalue weighted by Crippen LogP contribution is -2.49. The largest absolute Gasteiger partial charge is 0.367 e. The molecular formula is C16H18Cl2N4O. The highest BCUT2D eigenvalue weighted by Crippen LogP contribution is 2.27. The van der Waals surface area contributed by atoms with Crippen molar-refractivity contribution in [1.29, 1.82) is 0 Å². The second-order valence-corrected chi connectivity index (χ2v) is 6.37. The molecule has 1 aromatic carbocycles. The molecule has 5 nitrogen and oxygen atoms in total. The molecule has 0 unspecified atom stereocenters. The van der Waals surface area contributed by atoms with Gasteiger partial charge in [-0.15, -0.1) is 0 Å². The van der Waals surface area contributed by atoms with E-state index in [0.717, 1.165) is 23.8 Å². The first-order valence-electron chi connectivity index (χ1n) is 7.47. The molecule has 0 aliphatic carbocycles. The van der Waals surface area contributed by atoms with Crippen LogP contribution in [0.2, 0.25) is 10.2 Å². The van der Waals surface area contributed by atoms with Gasteiger partial charge in [0.1, 0.15) is 5.15 Å². The van der Waals surface area contributed by atoms with Crippen LogP contribution in [0.1, 0.15) is 16.1 Å². The predicted molar refractivity (Wildman–Crippen MR) is 92.5 cm³/mol. The van der Waals surface area contributed by atoms with E-state index in [9.17, 15) is 4.79 Å². The van der Waals surface area contributed by atoms with Gasteiger partial charge in [-0.05, 0) is 19.1 Å². The summed E-state index contributed by atoms with van der Waals surface area (Å²) >= 11 is 12.4. The lowest BCUT2D eigenvalue weighted by molar-refractivity contribution is 0.0746. The van der Waals surface area contributed by atoms with Crippen LogP contribution < -0.4 is 4.90 Å². The summed E-state index contributed by atoms with van der Waals surface area (Å²) in [6.45, 7) is 4.56. The molecule has 1 aromatic heterocycles. The number of piperazine rings is 1. The summed E-state index contributed by atoms with van der Waals surface area (Å²) in [6.07, 6.45) is 0. The minimum atomic E-state index is -0.0561. The number of carbonyl (C=O) groups excluding carboxylic acids is 1. The molecule has 0 saturated carbocycles. The fraction of sp³-hybridized carbons (Fsp3) is 0.375. The van der Waals surface area contributed by atoms with Gasteiger partial charge in [-0.2, -0.15) is 5.10 Å². The SMILES string of the molecule is Cc1nn(C)c(Cl)c1C(=O)N1CCN(c2ccccc2Cl)CC1. The number of para-hydroxylation sites is 1. The third kappa shape index (κ3) is 3.03. The van der Waals surface area contributed by atoms with Crippen LogP contribution in [-0.2, 0) is 7.05 Å². The van der Waals surface area contributed by atoms with Crippen molar-refractivity contribution in [2.45, 2.75) is 6.92 Å². The number of aromatic nitrogens is 2. The van der Waals surface area contributed by atoms with Crippen LogP contribution in [0.5, 0.6) is 0 Å². The number of carbonyl (C=O) groups is 1. The van der Waals surface area contributed by atoms with Crippen molar-refractivity contribution >= 4 is 34.8 Å². The van der Waals surface area contributed by atoms with Gasteiger partial charge in [-0.25, -0.2) is 0 Å². The second-order valence-electron chi connectivity index (χ2n) is 5.61. The molecule has 23 heavy (non-hydrogen) atoms. The number of hydrogen-bond acceptors (Lipinski definition) is 3. The summed E-state index contributed by atoms with van der Waals surface area (Å²) in [7, 11) is 1.74. The molecule has 1 fully saturated rings. The van der Waals surface area contributed by atoms with Crippen LogP contribution in [0.3, 0.4) is 0 Å². The molecule has 122 valence electrons. The Bertz CT molecular complexity index is 736. The molecule has 0 radical (unpaired) electrons. The van der Waals surface area contributed by atoms with E-state index in [2.05, 4.69) is 10.00 Å². The van der Waals surface area contributed by atoms with E-state index in [1.807, 2.05) is 29.2 Å². The summed E-state index contributed by atoms with van der Waals surface area (Å²) in [5.74, 6) is -0.0561. The third-order valence-electron chi connectivity index (χ3n) is 4.13. The summed E-state index contributed by atoms with van der Waals surface area (Å²) in [4.78, 5) is 16.7. The molecule has 7 heteroatoms. The molecule has 0 spiro atoms. The van der Waals surface area contributed by atoms with Gasteiger partial charge in [0.2, 0.25) is 0 Å². The fourth-order valence-corrected chi connectivity index (χ4v) is 3.40. The Labute approximate surface area is 145 Å². The van der Waals surface area contributed by atoms with E-state index in [1.54, 1.807) is 14.0 Å². The van der Waals surface area contributed by atoms with Gasteiger partial charge >= 0.3 is 0 Å². The summed E-state index contributed by atoms with van der Waals surface area (Å²) in [6, 6.07) is 7.77. The molecule has 1 aliphatic rings. The number of amides is 1. The highest BCUT2D eigenvalue weighted by atomic mass is 35.5. The van der Waals surface area contributed by atoms with Crippen molar-refractivity contribution in [2.24, 2.45) is 7.05 Å². The maximum atomic E-state index is 12.7. The van der Waals surface area contributed by atoms with E-state index >= 15 is 0 Å². The Hall–Kier alpha value is -1.72. The average molecular weight is 353 g/mol. The van der Waals surface area contributed by atoms with Gasteiger partial charge in [-0.1, -0.05) is 35.3 Å². The number of aryl methyl sites for hydroxylation is 2. The highest BCUT2D eigenvalue weighted by molar-refractivity contribution is 6.33. The maximum Gasteiger partial charge on any atom is 0.259 e. The Kier molecular flexibility index (Phi) is 4.50. The smallest absolute Gasteiger partial charge is 0.259 e. The molecule has 3 rings (SSSR count). The van der Waals surface area contributed by atoms with Crippen molar-refractivity contribution in [3.05, 3.63) is 45.7 Å². The Morgan fingerprint density at radius 3 is 2.35 bits per heavy atom. The van der Waals surface area contributed by atoms with Crippen LogP contribution in [0, 0.1) is 6.92 Å². The van der Waals surface area contributed by atoms with Crippen molar-refractivity contribution in [1.82, 2.24) is 14.7 Å². The summed E-state index contributed by atoms with van der Waals surface area (Å²) in [5, 5.41) is 5.33. The number of anilines is 1. The lowest BCUT2D eigenvalue weighted by atomic mass is 10.2. The predicted octanol–water partition coefficient (Wildman–Crippen LogP) is 3.00. The van der Waals surface area contributed by atoms with E-state index < -0.39 is 0 Å². The van der Waals surface area contributed by atoms with Crippen LogP contribution in [0.25, 0.3) is 0 Å². The Balaban J connectivity index is 1.72. The van der Waals surface area contributed by atoms with E-state index in [0.29, 0.717) is 29.5 Å². The van der Waals surface area contributed by atoms with Gasteiger partial charge in [0.25, 0.3) is 5.91 Å². The van der Waals surface area contributed by atoms with Crippen LogP contribution in [0.4, 0.5) is 5.69 Å². The van der Waals surface area contributed by atoms with Gasteiger partial charge < -0.3 is 9.80 Å². The fourth-order valence-electron chi connectivity index (χ4n) is 2.89. The van der Waals surface area contributed by atoms with Crippen molar-refractivity contribution < 1.29 is 4.79 Å². The van der Waals surface area contributed by atoms with Gasteiger partial charge in [0.05, 0.1) is 22.0 Å². The average Bonchev–Trinajstić information content (AvgIpc) is 2.80. The van der Waals surface area contributed by atoms with E-state index in [4.69, 9.17) is 23.2 Å². The van der Waals surface area contributed by atoms with Crippen LogP contribution >= 0.6 is 23.2 Å². The van der Waals surface area contributed by atoms with Gasteiger partial charge in [0.15, 0.2) is 0 Å². The quantitative estimate of drug-likeness (QED) is 0.834. The molecule has 0 N–H and O–H groups in total. The first-order chi connectivity index (χ1) is 11.0. The zero-order valence-electron chi connectivity index (χ0n) is 13.1. The molecule has 1 aliphatic heterocycles. The standard InChI is InChI=1S/C16H18Cl2N4O/c1-11-14(15(18)20(2)19-11)16(23)22-9-7-21(8-10-22)13-6-4-3-5-12(13)17/h3-6H,7-10H2,1-2H3. The normalized spacial score (nSPS) is 15.1. The van der Waals surface area contributed by atoms with Crippen molar-refractivity contribution in [2.75, 3.05) is 31.1 Å². The summed E-state index contributed by atoms with van der Waals surface area (Å²) in [5.41, 5.74) is 2.17. The maximum absolute atomic E-state index is 12.7. The topological polar surface area (TPSA) is 41.4 Å². The monoisotopic (exact) mass is 352 g/mol.